The summed E-state index contributed by atoms with van der Waals surface area (Å²) in [7, 11) is -3.32. The minimum atomic E-state index is -4.65. The first-order valence-corrected chi connectivity index (χ1v) is 8.31. The molecule has 1 unspecified atom stereocenters. The molecular formula is C12H12BrF2NO4S. The summed E-state index contributed by atoms with van der Waals surface area (Å²) in [5.74, 6) is -2.11. The zero-order valence-electron chi connectivity index (χ0n) is 11.0. The normalized spacial score (nSPS) is 19.1. The second-order valence-corrected chi connectivity index (χ2v) is 6.98. The van der Waals surface area contributed by atoms with Gasteiger partial charge in [-0.05, 0) is 22.0 Å². The van der Waals surface area contributed by atoms with Crippen molar-refractivity contribution >= 4 is 37.7 Å². The van der Waals surface area contributed by atoms with Gasteiger partial charge in [-0.15, -0.1) is 3.89 Å². The number of benzene rings is 1. The lowest BCUT2D eigenvalue weighted by Crippen LogP contribution is -2.26. The van der Waals surface area contributed by atoms with Crippen LogP contribution in [0.15, 0.2) is 16.6 Å². The minimum Gasteiger partial charge on any atom is -0.494 e. The number of carbonyl (C=O) groups is 1. The van der Waals surface area contributed by atoms with Crippen LogP contribution in [0.25, 0.3) is 0 Å². The number of ether oxygens (including phenoxy) is 1. The highest BCUT2D eigenvalue weighted by atomic mass is 79.9. The predicted molar refractivity (Wildman–Crippen MR) is 76.0 cm³/mol. The number of amides is 1. The Morgan fingerprint density at radius 3 is 2.71 bits per heavy atom. The Morgan fingerprint density at radius 2 is 2.14 bits per heavy atom. The highest BCUT2D eigenvalue weighted by molar-refractivity contribution is 9.10. The molecule has 0 saturated carbocycles. The number of nitrogens with zero attached hydrogens (tertiary/aromatic N) is 1. The van der Waals surface area contributed by atoms with Gasteiger partial charge in [0.15, 0.2) is 0 Å². The van der Waals surface area contributed by atoms with E-state index in [1.165, 1.54) is 18.1 Å². The van der Waals surface area contributed by atoms with Crippen LogP contribution in [0.5, 0.6) is 5.75 Å². The van der Waals surface area contributed by atoms with Gasteiger partial charge >= 0.3 is 10.2 Å². The number of rotatable bonds is 4. The van der Waals surface area contributed by atoms with E-state index in [2.05, 4.69) is 15.9 Å². The maximum absolute atomic E-state index is 13.5. The van der Waals surface area contributed by atoms with Gasteiger partial charge in [0.05, 0.1) is 23.0 Å². The highest BCUT2D eigenvalue weighted by Gasteiger charge is 2.35. The Labute approximate surface area is 129 Å². The molecule has 1 aliphatic heterocycles. The van der Waals surface area contributed by atoms with Crippen LogP contribution in [0, 0.1) is 11.7 Å². The van der Waals surface area contributed by atoms with Gasteiger partial charge in [-0.2, -0.15) is 8.42 Å². The van der Waals surface area contributed by atoms with Crippen LogP contribution in [0.4, 0.5) is 14.0 Å². The van der Waals surface area contributed by atoms with E-state index >= 15 is 0 Å². The molecule has 116 valence electrons. The SMILES string of the molecule is COc1cc(F)c(Br)cc1N1CC(CS(=O)(=O)F)CC1=O. The average molecular weight is 384 g/mol. The van der Waals surface area contributed by atoms with Gasteiger partial charge < -0.3 is 9.64 Å². The molecule has 1 aliphatic rings. The lowest BCUT2D eigenvalue weighted by molar-refractivity contribution is -0.117. The smallest absolute Gasteiger partial charge is 0.302 e. The topological polar surface area (TPSA) is 63.7 Å². The highest BCUT2D eigenvalue weighted by Crippen LogP contribution is 2.37. The predicted octanol–water partition coefficient (Wildman–Crippen LogP) is 2.25. The molecule has 0 spiro atoms. The van der Waals surface area contributed by atoms with Crippen molar-refractivity contribution < 1.29 is 26.2 Å². The molecule has 5 nitrogen and oxygen atoms in total. The molecule has 0 N–H and O–H groups in total. The molecule has 21 heavy (non-hydrogen) atoms. The van der Waals surface area contributed by atoms with E-state index in [1.807, 2.05) is 0 Å². The van der Waals surface area contributed by atoms with Gasteiger partial charge in [-0.1, -0.05) is 0 Å². The number of hydrogen-bond acceptors (Lipinski definition) is 4. The van der Waals surface area contributed by atoms with Gasteiger partial charge in [0.2, 0.25) is 5.91 Å². The molecule has 0 bridgehead atoms. The molecule has 1 amide bonds. The fourth-order valence-electron chi connectivity index (χ4n) is 2.30. The molecule has 9 heteroatoms. The summed E-state index contributed by atoms with van der Waals surface area (Å²) in [6.45, 7) is 0.0381. The Morgan fingerprint density at radius 1 is 1.48 bits per heavy atom. The maximum Gasteiger partial charge on any atom is 0.302 e. The van der Waals surface area contributed by atoms with Crippen molar-refractivity contribution in [1.82, 2.24) is 0 Å². The summed E-state index contributed by atoms with van der Waals surface area (Å²) in [5.41, 5.74) is 0.314. The Bertz CT molecular complexity index is 680. The van der Waals surface area contributed by atoms with Gasteiger partial charge in [0.1, 0.15) is 11.6 Å². The molecule has 1 atom stereocenters. The van der Waals surface area contributed by atoms with Crippen molar-refractivity contribution in [2.75, 3.05) is 24.3 Å². The van der Waals surface area contributed by atoms with E-state index in [9.17, 15) is 21.5 Å². The average Bonchev–Trinajstić information content (AvgIpc) is 2.70. The third kappa shape index (κ3) is 3.70. The van der Waals surface area contributed by atoms with Crippen molar-refractivity contribution in [3.8, 4) is 5.75 Å². The number of anilines is 1. The van der Waals surface area contributed by atoms with Gasteiger partial charge in [-0.25, -0.2) is 4.39 Å². The van der Waals surface area contributed by atoms with Crippen LogP contribution < -0.4 is 9.64 Å². The van der Waals surface area contributed by atoms with Crippen LogP contribution in [-0.2, 0) is 15.0 Å². The summed E-state index contributed by atoms with van der Waals surface area (Å²) < 4.78 is 52.7. The lowest BCUT2D eigenvalue weighted by Gasteiger charge is -2.20. The van der Waals surface area contributed by atoms with E-state index in [0.29, 0.717) is 5.69 Å². The summed E-state index contributed by atoms with van der Waals surface area (Å²) in [5, 5.41) is 0. The van der Waals surface area contributed by atoms with Crippen LogP contribution in [-0.4, -0.2) is 33.7 Å². The first-order valence-electron chi connectivity index (χ1n) is 5.97. The number of hydrogen-bond donors (Lipinski definition) is 0. The maximum atomic E-state index is 13.5. The molecule has 1 saturated heterocycles. The third-order valence-electron chi connectivity index (χ3n) is 3.15. The molecule has 2 rings (SSSR count). The van der Waals surface area contributed by atoms with E-state index in [4.69, 9.17) is 4.74 Å². The van der Waals surface area contributed by atoms with Crippen molar-refractivity contribution in [3.05, 3.63) is 22.4 Å². The largest absolute Gasteiger partial charge is 0.494 e. The summed E-state index contributed by atoms with van der Waals surface area (Å²) >= 11 is 3.02. The monoisotopic (exact) mass is 383 g/mol. The molecule has 1 aromatic rings. The van der Waals surface area contributed by atoms with E-state index in [1.54, 1.807) is 0 Å². The fourth-order valence-corrected chi connectivity index (χ4v) is 3.42. The van der Waals surface area contributed by atoms with Crippen LogP contribution >= 0.6 is 15.9 Å². The van der Waals surface area contributed by atoms with Crippen LogP contribution in [0.3, 0.4) is 0 Å². The Balaban J connectivity index is 2.31. The van der Waals surface area contributed by atoms with E-state index < -0.39 is 27.7 Å². The zero-order valence-corrected chi connectivity index (χ0v) is 13.4. The van der Waals surface area contributed by atoms with Gasteiger partial charge in [0, 0.05) is 24.9 Å². The van der Waals surface area contributed by atoms with Crippen LogP contribution in [0.1, 0.15) is 6.42 Å². The molecule has 1 heterocycles. The zero-order chi connectivity index (χ0) is 15.8. The van der Waals surface area contributed by atoms with Crippen molar-refractivity contribution in [1.29, 1.82) is 0 Å². The number of halogens is 3. The Hall–Kier alpha value is -1.22. The summed E-state index contributed by atoms with van der Waals surface area (Å²) in [6.07, 6.45) is -0.0820. The standard InChI is InChI=1S/C12H12BrF2NO4S/c1-20-11-4-9(14)8(13)3-10(11)16-5-7(2-12(16)17)6-21(15,18)19/h3-4,7H,2,5-6H2,1H3. The van der Waals surface area contributed by atoms with Crippen molar-refractivity contribution in [2.24, 2.45) is 5.92 Å². The summed E-state index contributed by atoms with van der Waals surface area (Å²) in [6, 6.07) is 2.49. The van der Waals surface area contributed by atoms with Gasteiger partial charge in [-0.3, -0.25) is 4.79 Å². The minimum absolute atomic E-state index is 0.0381. The van der Waals surface area contributed by atoms with E-state index in [0.717, 1.165) is 6.07 Å². The molecular weight excluding hydrogens is 372 g/mol. The molecule has 1 fully saturated rings. The van der Waals surface area contributed by atoms with Crippen molar-refractivity contribution in [3.63, 3.8) is 0 Å². The first-order chi connectivity index (χ1) is 9.71. The van der Waals surface area contributed by atoms with Gasteiger partial charge in [0.25, 0.3) is 0 Å². The Kier molecular flexibility index (Phi) is 4.52. The molecule has 0 radical (unpaired) electrons. The fraction of sp³-hybridized carbons (Fsp3) is 0.417. The summed E-state index contributed by atoms with van der Waals surface area (Å²) in [4.78, 5) is 13.3. The third-order valence-corrected chi connectivity index (χ3v) is 4.63. The lowest BCUT2D eigenvalue weighted by atomic mass is 10.1. The van der Waals surface area contributed by atoms with Crippen molar-refractivity contribution in [2.45, 2.75) is 6.42 Å². The molecule has 0 aliphatic carbocycles. The molecule has 0 aromatic heterocycles. The number of methoxy groups -OCH3 is 1. The van der Waals surface area contributed by atoms with E-state index in [-0.39, 0.29) is 29.1 Å². The second kappa shape index (κ2) is 5.88. The quantitative estimate of drug-likeness (QED) is 0.748. The second-order valence-electron chi connectivity index (χ2n) is 4.72. The first kappa shape index (κ1) is 16.2. The molecule has 1 aromatic carbocycles. The number of carbonyl (C=O) groups excluding carboxylic acids is 1. The van der Waals surface area contributed by atoms with Crippen LogP contribution in [0.2, 0.25) is 0 Å².